The number of ether oxygens (including phenoxy) is 2. The predicted molar refractivity (Wildman–Crippen MR) is 132 cm³/mol. The lowest BCUT2D eigenvalue weighted by Crippen LogP contribution is -2.30. The lowest BCUT2D eigenvalue weighted by Gasteiger charge is -2.37. The van der Waals surface area contributed by atoms with Crippen LogP contribution >= 0.6 is 0 Å². The van der Waals surface area contributed by atoms with Crippen molar-refractivity contribution in [3.05, 3.63) is 29.6 Å². The number of benzene rings is 1. The normalized spacial score (nSPS) is 25.7. The first-order valence-electron chi connectivity index (χ1n) is 13.6. The number of carbonyl (C=O) groups excluding carboxylic acids is 1. The van der Waals surface area contributed by atoms with Gasteiger partial charge in [0, 0.05) is 13.7 Å². The highest BCUT2D eigenvalue weighted by Gasteiger charge is 2.33. The van der Waals surface area contributed by atoms with Crippen molar-refractivity contribution in [2.24, 2.45) is 23.7 Å². The van der Waals surface area contributed by atoms with Crippen molar-refractivity contribution in [3.63, 3.8) is 0 Å². The third-order valence-electron chi connectivity index (χ3n) is 8.13. The van der Waals surface area contributed by atoms with Gasteiger partial charge in [0.25, 0.3) is 0 Å². The molecule has 0 aliphatic heterocycles. The predicted octanol–water partition coefficient (Wildman–Crippen LogP) is 7.89. The summed E-state index contributed by atoms with van der Waals surface area (Å²) >= 11 is 0. The molecule has 4 heteroatoms. The van der Waals surface area contributed by atoms with Gasteiger partial charge in [0.1, 0.15) is 0 Å². The first-order valence-corrected chi connectivity index (χ1v) is 13.6. The Morgan fingerprint density at radius 1 is 0.939 bits per heavy atom. The van der Waals surface area contributed by atoms with Crippen LogP contribution in [-0.4, -0.2) is 19.7 Å². The fraction of sp³-hybridized carbons (Fsp3) is 0.759. The van der Waals surface area contributed by atoms with Crippen LogP contribution in [0, 0.1) is 29.5 Å². The summed E-state index contributed by atoms with van der Waals surface area (Å²) in [4.78, 5) is 12.7. The Labute approximate surface area is 200 Å². The van der Waals surface area contributed by atoms with Crippen molar-refractivity contribution in [2.75, 3.05) is 13.7 Å². The topological polar surface area (TPSA) is 35.5 Å². The molecule has 0 amide bonds. The van der Waals surface area contributed by atoms with E-state index in [4.69, 9.17) is 9.47 Å². The molecule has 0 N–H and O–H groups in total. The minimum absolute atomic E-state index is 0.0798. The zero-order valence-corrected chi connectivity index (χ0v) is 21.0. The van der Waals surface area contributed by atoms with Gasteiger partial charge in [-0.3, -0.25) is 4.79 Å². The van der Waals surface area contributed by atoms with E-state index in [1.807, 2.05) is 6.07 Å². The molecule has 0 unspecified atom stereocenters. The summed E-state index contributed by atoms with van der Waals surface area (Å²) in [5, 5.41) is 0. The number of hydrogen-bond acceptors (Lipinski definition) is 3. The maximum Gasteiger partial charge on any atom is 0.314 e. The quantitative estimate of drug-likeness (QED) is 0.181. The van der Waals surface area contributed by atoms with E-state index in [0.717, 1.165) is 87.7 Å². The lowest BCUT2D eigenvalue weighted by molar-refractivity contribution is -0.140. The van der Waals surface area contributed by atoms with Gasteiger partial charge < -0.3 is 9.47 Å². The van der Waals surface area contributed by atoms with Crippen molar-refractivity contribution in [2.45, 2.75) is 103 Å². The SMILES string of the molecule is CCCC1CCC(C2CCC(C(=O)Oc3ccc(CCCCCCOC)cc3F)CC2)CC1. The number of rotatable bonds is 12. The van der Waals surface area contributed by atoms with Crippen LogP contribution in [-0.2, 0) is 16.0 Å². The molecule has 186 valence electrons. The molecule has 0 saturated heterocycles. The summed E-state index contributed by atoms with van der Waals surface area (Å²) in [5.74, 6) is 1.90. The Morgan fingerprint density at radius 3 is 2.24 bits per heavy atom. The van der Waals surface area contributed by atoms with E-state index in [1.165, 1.54) is 44.6 Å². The second-order valence-electron chi connectivity index (χ2n) is 10.5. The molecule has 2 aliphatic rings. The molecule has 1 aromatic carbocycles. The Balaban J connectivity index is 1.38. The van der Waals surface area contributed by atoms with E-state index in [0.29, 0.717) is 0 Å². The lowest BCUT2D eigenvalue weighted by atomic mass is 9.69. The highest BCUT2D eigenvalue weighted by molar-refractivity contribution is 5.75. The maximum absolute atomic E-state index is 14.6. The first kappa shape index (κ1) is 26.2. The van der Waals surface area contributed by atoms with Crippen molar-refractivity contribution >= 4 is 5.97 Å². The third-order valence-corrected chi connectivity index (χ3v) is 8.13. The van der Waals surface area contributed by atoms with E-state index in [-0.39, 0.29) is 17.6 Å². The molecule has 2 fully saturated rings. The first-order chi connectivity index (χ1) is 16.1. The van der Waals surface area contributed by atoms with Crippen molar-refractivity contribution in [3.8, 4) is 5.75 Å². The van der Waals surface area contributed by atoms with Crippen LogP contribution < -0.4 is 4.74 Å². The summed E-state index contributed by atoms with van der Waals surface area (Å²) < 4.78 is 25.1. The Hall–Kier alpha value is -1.42. The van der Waals surface area contributed by atoms with Crippen molar-refractivity contribution in [1.29, 1.82) is 0 Å². The molecule has 3 rings (SSSR count). The van der Waals surface area contributed by atoms with E-state index in [1.54, 1.807) is 13.2 Å². The van der Waals surface area contributed by atoms with Gasteiger partial charge in [0.05, 0.1) is 5.92 Å². The molecule has 0 spiro atoms. The van der Waals surface area contributed by atoms with Crippen LogP contribution in [0.5, 0.6) is 5.75 Å². The van der Waals surface area contributed by atoms with E-state index < -0.39 is 5.82 Å². The van der Waals surface area contributed by atoms with Gasteiger partial charge in [-0.25, -0.2) is 4.39 Å². The summed E-state index contributed by atoms with van der Waals surface area (Å²) in [6.45, 7) is 3.09. The average Bonchev–Trinajstić information content (AvgIpc) is 2.84. The highest BCUT2D eigenvalue weighted by atomic mass is 19.1. The Bertz CT molecular complexity index is 703. The zero-order chi connectivity index (χ0) is 23.5. The molecule has 2 saturated carbocycles. The smallest absolute Gasteiger partial charge is 0.314 e. The minimum Gasteiger partial charge on any atom is -0.423 e. The fourth-order valence-electron chi connectivity index (χ4n) is 6.09. The molecular formula is C29H45FO3. The molecule has 2 aliphatic carbocycles. The van der Waals surface area contributed by atoms with Crippen molar-refractivity contribution in [1.82, 2.24) is 0 Å². The number of esters is 1. The molecule has 0 heterocycles. The Kier molecular flexibility index (Phi) is 11.2. The monoisotopic (exact) mass is 460 g/mol. The van der Waals surface area contributed by atoms with Gasteiger partial charge in [0.2, 0.25) is 0 Å². The van der Waals surface area contributed by atoms with Gasteiger partial charge in [-0.05, 0) is 93.2 Å². The summed E-state index contributed by atoms with van der Waals surface area (Å²) in [6, 6.07) is 5.06. The molecule has 3 nitrogen and oxygen atoms in total. The fourth-order valence-corrected chi connectivity index (χ4v) is 6.09. The minimum atomic E-state index is -0.419. The van der Waals surface area contributed by atoms with Gasteiger partial charge in [-0.15, -0.1) is 0 Å². The molecule has 1 aromatic rings. The van der Waals surface area contributed by atoms with Crippen molar-refractivity contribution < 1.29 is 18.7 Å². The summed E-state index contributed by atoms with van der Waals surface area (Å²) in [6.07, 6.45) is 17.4. The van der Waals surface area contributed by atoms with E-state index >= 15 is 0 Å². The maximum atomic E-state index is 14.6. The summed E-state index contributed by atoms with van der Waals surface area (Å²) in [7, 11) is 1.72. The van der Waals surface area contributed by atoms with Crippen LogP contribution in [0.2, 0.25) is 0 Å². The van der Waals surface area contributed by atoms with Crippen LogP contribution in [0.1, 0.15) is 102 Å². The summed E-state index contributed by atoms with van der Waals surface area (Å²) in [5.41, 5.74) is 0.966. The zero-order valence-electron chi connectivity index (χ0n) is 21.0. The average molecular weight is 461 g/mol. The van der Waals surface area contributed by atoms with Gasteiger partial charge in [-0.2, -0.15) is 0 Å². The molecule has 33 heavy (non-hydrogen) atoms. The number of hydrogen-bond donors (Lipinski definition) is 0. The number of aryl methyl sites for hydroxylation is 1. The van der Waals surface area contributed by atoms with E-state index in [9.17, 15) is 9.18 Å². The number of halogens is 1. The largest absolute Gasteiger partial charge is 0.423 e. The second-order valence-corrected chi connectivity index (χ2v) is 10.5. The third kappa shape index (κ3) is 8.38. The molecule has 0 atom stereocenters. The second kappa shape index (κ2) is 14.1. The molecule has 0 bridgehead atoms. The standard InChI is InChI=1S/C29H45FO3/c1-3-8-22-10-13-24(14-11-22)25-15-17-26(18-16-25)29(31)33-28-19-12-23(21-27(28)30)9-6-4-5-7-20-32-2/h12,19,21-22,24-26H,3-11,13-18,20H2,1-2H3. The van der Waals surface area contributed by atoms with Gasteiger partial charge >= 0.3 is 5.97 Å². The van der Waals surface area contributed by atoms with Gasteiger partial charge in [-0.1, -0.05) is 51.5 Å². The number of unbranched alkanes of at least 4 members (excludes halogenated alkanes) is 3. The molecule has 0 aromatic heterocycles. The number of carbonyl (C=O) groups is 1. The van der Waals surface area contributed by atoms with Crippen LogP contribution in [0.4, 0.5) is 4.39 Å². The van der Waals surface area contributed by atoms with Crippen LogP contribution in [0.25, 0.3) is 0 Å². The number of methoxy groups -OCH3 is 1. The van der Waals surface area contributed by atoms with Crippen LogP contribution in [0.3, 0.4) is 0 Å². The van der Waals surface area contributed by atoms with Gasteiger partial charge in [0.15, 0.2) is 11.6 Å². The molecule has 0 radical (unpaired) electrons. The van der Waals surface area contributed by atoms with E-state index in [2.05, 4.69) is 6.92 Å². The highest BCUT2D eigenvalue weighted by Crippen LogP contribution is 2.42. The van der Waals surface area contributed by atoms with Crippen LogP contribution in [0.15, 0.2) is 18.2 Å². The Morgan fingerprint density at radius 2 is 1.61 bits per heavy atom. The molecular weight excluding hydrogens is 415 g/mol.